The number of aromatic nitrogens is 3. The van der Waals surface area contributed by atoms with Gasteiger partial charge in [0.15, 0.2) is 12.0 Å². The summed E-state index contributed by atoms with van der Waals surface area (Å²) in [7, 11) is 0. The summed E-state index contributed by atoms with van der Waals surface area (Å²) in [6.07, 6.45) is 2.29. The number of rotatable bonds is 4. The van der Waals surface area contributed by atoms with Crippen LogP contribution in [0.4, 0.5) is 5.69 Å². The second-order valence-corrected chi connectivity index (χ2v) is 5.12. The number of nitrogens with zero attached hydrogens (tertiary/aromatic N) is 3. The zero-order valence-corrected chi connectivity index (χ0v) is 12.2. The third kappa shape index (κ3) is 2.75. The molecule has 1 aromatic carbocycles. The lowest BCUT2D eigenvalue weighted by molar-refractivity contribution is -0.114. The maximum absolute atomic E-state index is 11.2. The highest BCUT2D eigenvalue weighted by Gasteiger charge is 2.27. The topological polar surface area (TPSA) is 86.1 Å². The standard InChI is InChI=1S/C15H16N4O3/c1-10(21)16-11-4-2-5-12(8-11)19-15(13(9-20)17-18-19)14-6-3-7-22-14/h2,4-5,8-9,14H,3,6-7H2,1H3,(H,16,21). The first-order valence-corrected chi connectivity index (χ1v) is 7.09. The number of amides is 1. The maximum atomic E-state index is 11.2. The van der Waals surface area contributed by atoms with E-state index < -0.39 is 0 Å². The fourth-order valence-corrected chi connectivity index (χ4v) is 2.59. The molecule has 0 saturated carbocycles. The molecule has 0 aliphatic carbocycles. The van der Waals surface area contributed by atoms with Gasteiger partial charge in [-0.05, 0) is 31.0 Å². The van der Waals surface area contributed by atoms with E-state index in [0.29, 0.717) is 24.3 Å². The molecule has 1 N–H and O–H groups in total. The van der Waals surface area contributed by atoms with Crippen molar-refractivity contribution < 1.29 is 14.3 Å². The van der Waals surface area contributed by atoms with Gasteiger partial charge in [0.2, 0.25) is 5.91 Å². The molecule has 2 aromatic rings. The van der Waals surface area contributed by atoms with Gasteiger partial charge >= 0.3 is 0 Å². The lowest BCUT2D eigenvalue weighted by Gasteiger charge is -2.13. The Morgan fingerprint density at radius 2 is 2.36 bits per heavy atom. The average Bonchev–Trinajstić information content (AvgIpc) is 3.15. The number of hydrogen-bond acceptors (Lipinski definition) is 5. The SMILES string of the molecule is CC(=O)Nc1cccc(-n2nnc(C=O)c2C2CCCO2)c1. The highest BCUT2D eigenvalue weighted by molar-refractivity contribution is 5.88. The Balaban J connectivity index is 2.02. The maximum Gasteiger partial charge on any atom is 0.221 e. The summed E-state index contributed by atoms with van der Waals surface area (Å²) in [6.45, 7) is 2.12. The van der Waals surface area contributed by atoms with Crippen molar-refractivity contribution in [2.24, 2.45) is 0 Å². The van der Waals surface area contributed by atoms with Crippen molar-refractivity contribution in [2.45, 2.75) is 25.9 Å². The zero-order valence-electron chi connectivity index (χ0n) is 12.2. The van der Waals surface area contributed by atoms with Crippen molar-refractivity contribution in [1.29, 1.82) is 0 Å². The minimum Gasteiger partial charge on any atom is -0.372 e. The molecule has 1 aromatic heterocycles. The molecule has 1 unspecified atom stereocenters. The molecule has 3 rings (SSSR count). The van der Waals surface area contributed by atoms with Gasteiger partial charge in [-0.1, -0.05) is 11.3 Å². The van der Waals surface area contributed by atoms with Gasteiger partial charge in [0.1, 0.15) is 11.8 Å². The molecular formula is C15H16N4O3. The van der Waals surface area contributed by atoms with Crippen molar-refractivity contribution in [1.82, 2.24) is 15.0 Å². The van der Waals surface area contributed by atoms with Crippen LogP contribution in [-0.2, 0) is 9.53 Å². The molecule has 22 heavy (non-hydrogen) atoms. The van der Waals surface area contributed by atoms with Crippen LogP contribution in [0, 0.1) is 0 Å². The van der Waals surface area contributed by atoms with Crippen LogP contribution in [0.2, 0.25) is 0 Å². The van der Waals surface area contributed by atoms with Crippen LogP contribution in [-0.4, -0.2) is 33.8 Å². The summed E-state index contributed by atoms with van der Waals surface area (Å²) in [5.74, 6) is -0.149. The van der Waals surface area contributed by atoms with E-state index in [1.54, 1.807) is 16.8 Å². The molecule has 1 saturated heterocycles. The van der Waals surface area contributed by atoms with Crippen LogP contribution in [0.3, 0.4) is 0 Å². The number of carbonyl (C=O) groups is 2. The largest absolute Gasteiger partial charge is 0.372 e. The predicted octanol–water partition coefficient (Wildman–Crippen LogP) is 1.89. The van der Waals surface area contributed by atoms with Gasteiger partial charge in [0.05, 0.1) is 5.69 Å². The second kappa shape index (κ2) is 6.07. The first kappa shape index (κ1) is 14.4. The average molecular weight is 300 g/mol. The Labute approximate surface area is 127 Å². The number of nitrogens with one attached hydrogen (secondary N) is 1. The summed E-state index contributed by atoms with van der Waals surface area (Å²) < 4.78 is 7.27. The van der Waals surface area contributed by atoms with Crippen LogP contribution >= 0.6 is 0 Å². The van der Waals surface area contributed by atoms with Gasteiger partial charge in [-0.2, -0.15) is 0 Å². The number of hydrogen-bond donors (Lipinski definition) is 1. The molecular weight excluding hydrogens is 284 g/mol. The van der Waals surface area contributed by atoms with Crippen LogP contribution in [0.15, 0.2) is 24.3 Å². The fourth-order valence-electron chi connectivity index (χ4n) is 2.59. The molecule has 0 spiro atoms. The minimum absolute atomic E-state index is 0.149. The number of ether oxygens (including phenoxy) is 1. The fraction of sp³-hybridized carbons (Fsp3) is 0.333. The van der Waals surface area contributed by atoms with Crippen LogP contribution in [0.1, 0.15) is 42.1 Å². The molecule has 1 aliphatic heterocycles. The van der Waals surface area contributed by atoms with Gasteiger partial charge in [-0.25, -0.2) is 4.68 Å². The van der Waals surface area contributed by atoms with E-state index in [4.69, 9.17) is 4.74 Å². The Hall–Kier alpha value is -2.54. The molecule has 7 heteroatoms. The van der Waals surface area contributed by atoms with Gasteiger partial charge in [0.25, 0.3) is 0 Å². The van der Waals surface area contributed by atoms with E-state index in [1.807, 2.05) is 12.1 Å². The van der Waals surface area contributed by atoms with Crippen molar-refractivity contribution in [3.8, 4) is 5.69 Å². The van der Waals surface area contributed by atoms with Gasteiger partial charge in [-0.15, -0.1) is 5.10 Å². The Morgan fingerprint density at radius 1 is 1.50 bits per heavy atom. The highest BCUT2D eigenvalue weighted by atomic mass is 16.5. The van der Waals surface area contributed by atoms with Crippen LogP contribution < -0.4 is 5.32 Å². The van der Waals surface area contributed by atoms with Gasteiger partial charge in [0, 0.05) is 19.2 Å². The lowest BCUT2D eigenvalue weighted by Crippen LogP contribution is -2.10. The second-order valence-electron chi connectivity index (χ2n) is 5.12. The zero-order chi connectivity index (χ0) is 15.5. The molecule has 114 valence electrons. The van der Waals surface area contributed by atoms with E-state index >= 15 is 0 Å². The van der Waals surface area contributed by atoms with Crippen LogP contribution in [0.25, 0.3) is 5.69 Å². The van der Waals surface area contributed by atoms with E-state index in [9.17, 15) is 9.59 Å². The summed E-state index contributed by atoms with van der Waals surface area (Å²) in [5, 5.41) is 10.7. The smallest absolute Gasteiger partial charge is 0.221 e. The van der Waals surface area contributed by atoms with Gasteiger partial charge in [-0.3, -0.25) is 9.59 Å². The Bertz CT molecular complexity index is 705. The summed E-state index contributed by atoms with van der Waals surface area (Å²) in [4.78, 5) is 22.4. The van der Waals surface area contributed by atoms with E-state index in [1.165, 1.54) is 6.92 Å². The minimum atomic E-state index is -0.181. The Kier molecular flexibility index (Phi) is 3.97. The van der Waals surface area contributed by atoms with Crippen molar-refractivity contribution >= 4 is 17.9 Å². The molecule has 7 nitrogen and oxygen atoms in total. The molecule has 1 atom stereocenters. The van der Waals surface area contributed by atoms with Crippen molar-refractivity contribution in [3.63, 3.8) is 0 Å². The molecule has 0 radical (unpaired) electrons. The number of benzene rings is 1. The molecule has 0 bridgehead atoms. The number of anilines is 1. The summed E-state index contributed by atoms with van der Waals surface area (Å²) in [6, 6.07) is 7.21. The molecule has 1 amide bonds. The van der Waals surface area contributed by atoms with E-state index in [2.05, 4.69) is 15.6 Å². The number of carbonyl (C=O) groups excluding carboxylic acids is 2. The van der Waals surface area contributed by atoms with Crippen molar-refractivity contribution in [3.05, 3.63) is 35.7 Å². The predicted molar refractivity (Wildman–Crippen MR) is 79.0 cm³/mol. The third-order valence-electron chi connectivity index (χ3n) is 3.49. The van der Waals surface area contributed by atoms with Gasteiger partial charge < -0.3 is 10.1 Å². The molecule has 1 aliphatic rings. The van der Waals surface area contributed by atoms with E-state index in [-0.39, 0.29) is 17.7 Å². The summed E-state index contributed by atoms with van der Waals surface area (Å²) in [5.41, 5.74) is 2.33. The van der Waals surface area contributed by atoms with E-state index in [0.717, 1.165) is 18.5 Å². The quantitative estimate of drug-likeness (QED) is 0.871. The number of aldehydes is 1. The molecule has 1 fully saturated rings. The third-order valence-corrected chi connectivity index (χ3v) is 3.49. The summed E-state index contributed by atoms with van der Waals surface area (Å²) >= 11 is 0. The monoisotopic (exact) mass is 300 g/mol. The lowest BCUT2D eigenvalue weighted by atomic mass is 10.1. The normalized spacial score (nSPS) is 17.4. The Morgan fingerprint density at radius 3 is 3.05 bits per heavy atom. The van der Waals surface area contributed by atoms with Crippen molar-refractivity contribution in [2.75, 3.05) is 11.9 Å². The first-order valence-electron chi connectivity index (χ1n) is 7.09. The van der Waals surface area contributed by atoms with Crippen LogP contribution in [0.5, 0.6) is 0 Å². The molecule has 2 heterocycles. The first-order chi connectivity index (χ1) is 10.7. The highest BCUT2D eigenvalue weighted by Crippen LogP contribution is 2.31.